The third kappa shape index (κ3) is 3.93. The summed E-state index contributed by atoms with van der Waals surface area (Å²) >= 11 is 5.99. The molecule has 0 radical (unpaired) electrons. The molecule has 6 heteroatoms. The van der Waals surface area contributed by atoms with E-state index in [1.165, 1.54) is 11.8 Å². The van der Waals surface area contributed by atoms with Crippen LogP contribution < -0.4 is 4.90 Å². The molecule has 0 aliphatic carbocycles. The van der Waals surface area contributed by atoms with E-state index in [9.17, 15) is 9.90 Å². The van der Waals surface area contributed by atoms with Crippen molar-refractivity contribution < 1.29 is 9.90 Å². The second-order valence-corrected chi connectivity index (χ2v) is 7.27. The maximum Gasteiger partial charge on any atom is 0.339 e. The molecule has 2 aromatic rings. The van der Waals surface area contributed by atoms with Crippen molar-refractivity contribution >= 4 is 23.5 Å². The summed E-state index contributed by atoms with van der Waals surface area (Å²) in [5, 5.41) is 10.1. The molecule has 1 atom stereocenters. The van der Waals surface area contributed by atoms with Crippen LogP contribution in [0.3, 0.4) is 0 Å². The number of hydrogen-bond acceptors (Lipinski definition) is 4. The molecule has 1 saturated heterocycles. The largest absolute Gasteiger partial charge is 0.478 e. The summed E-state index contributed by atoms with van der Waals surface area (Å²) in [6, 6.07) is 8.05. The van der Waals surface area contributed by atoms with Crippen LogP contribution in [0.2, 0.25) is 5.02 Å². The molecule has 1 N–H and O–H groups in total. The molecule has 0 saturated carbocycles. The van der Waals surface area contributed by atoms with Gasteiger partial charge in [-0.1, -0.05) is 37.6 Å². The smallest absolute Gasteiger partial charge is 0.339 e. The molecular formula is C19H22ClN3O2. The summed E-state index contributed by atoms with van der Waals surface area (Å²) in [6.07, 6.45) is 4.14. The van der Waals surface area contributed by atoms with Crippen molar-refractivity contribution in [3.05, 3.63) is 52.3 Å². The standard InChI is InChI=1S/C19H22ClN3O2/c1-12(2)10-16-15(18(24)25)11-21-19(22-16)23-9-3-4-17(23)13-5-7-14(20)8-6-13/h5-8,11-12,17H,3-4,9-10H2,1-2H3,(H,24,25)/t17-/m0/s1. The molecule has 0 spiro atoms. The Labute approximate surface area is 152 Å². The zero-order valence-corrected chi connectivity index (χ0v) is 15.2. The Morgan fingerprint density at radius 3 is 2.72 bits per heavy atom. The van der Waals surface area contributed by atoms with Gasteiger partial charge < -0.3 is 10.0 Å². The Morgan fingerprint density at radius 1 is 1.36 bits per heavy atom. The van der Waals surface area contributed by atoms with Gasteiger partial charge >= 0.3 is 5.97 Å². The topological polar surface area (TPSA) is 66.3 Å². The van der Waals surface area contributed by atoms with Crippen LogP contribution >= 0.6 is 11.6 Å². The fourth-order valence-electron chi connectivity index (χ4n) is 3.30. The van der Waals surface area contributed by atoms with Crippen LogP contribution in [0.1, 0.15) is 54.3 Å². The van der Waals surface area contributed by atoms with E-state index < -0.39 is 5.97 Å². The lowest BCUT2D eigenvalue weighted by molar-refractivity contribution is 0.0694. The molecule has 25 heavy (non-hydrogen) atoms. The van der Waals surface area contributed by atoms with E-state index in [1.807, 2.05) is 24.3 Å². The maximum absolute atomic E-state index is 11.4. The zero-order chi connectivity index (χ0) is 18.0. The highest BCUT2D eigenvalue weighted by Crippen LogP contribution is 2.35. The van der Waals surface area contributed by atoms with Crippen molar-refractivity contribution in [2.24, 2.45) is 5.92 Å². The highest BCUT2D eigenvalue weighted by atomic mass is 35.5. The van der Waals surface area contributed by atoms with E-state index in [-0.39, 0.29) is 11.6 Å². The number of hydrogen-bond donors (Lipinski definition) is 1. The van der Waals surface area contributed by atoms with Crippen molar-refractivity contribution in [1.82, 2.24) is 9.97 Å². The Bertz CT molecular complexity index is 762. The van der Waals surface area contributed by atoms with Crippen molar-refractivity contribution in [2.75, 3.05) is 11.4 Å². The lowest BCUT2D eigenvalue weighted by Gasteiger charge is -2.25. The lowest BCUT2D eigenvalue weighted by atomic mass is 10.0. The van der Waals surface area contributed by atoms with Gasteiger partial charge in [0.1, 0.15) is 0 Å². The first-order valence-corrected chi connectivity index (χ1v) is 8.95. The van der Waals surface area contributed by atoms with Gasteiger partial charge in [0.15, 0.2) is 0 Å². The molecule has 3 rings (SSSR count). The number of rotatable bonds is 5. The van der Waals surface area contributed by atoms with Gasteiger partial charge in [0.05, 0.1) is 17.3 Å². The minimum Gasteiger partial charge on any atom is -0.478 e. The van der Waals surface area contributed by atoms with Crippen LogP contribution in [0.5, 0.6) is 0 Å². The van der Waals surface area contributed by atoms with E-state index in [0.29, 0.717) is 24.0 Å². The molecule has 1 aliphatic rings. The van der Waals surface area contributed by atoms with E-state index in [2.05, 4.69) is 28.7 Å². The highest BCUT2D eigenvalue weighted by Gasteiger charge is 2.29. The number of benzene rings is 1. The Balaban J connectivity index is 1.94. The van der Waals surface area contributed by atoms with Crippen molar-refractivity contribution in [3.8, 4) is 0 Å². The Hall–Kier alpha value is -2.14. The number of carbonyl (C=O) groups is 1. The minimum absolute atomic E-state index is 0.194. The monoisotopic (exact) mass is 359 g/mol. The quantitative estimate of drug-likeness (QED) is 0.858. The van der Waals surface area contributed by atoms with Gasteiger partial charge in [-0.05, 0) is 42.9 Å². The molecule has 0 bridgehead atoms. The van der Waals surface area contributed by atoms with E-state index in [1.54, 1.807) is 0 Å². The van der Waals surface area contributed by atoms with Gasteiger partial charge in [0.25, 0.3) is 0 Å². The molecule has 2 heterocycles. The molecule has 1 fully saturated rings. The van der Waals surface area contributed by atoms with Gasteiger partial charge in [0, 0.05) is 17.8 Å². The molecule has 5 nitrogen and oxygen atoms in total. The summed E-state index contributed by atoms with van der Waals surface area (Å²) in [4.78, 5) is 22.6. The Morgan fingerprint density at radius 2 is 2.08 bits per heavy atom. The first-order valence-electron chi connectivity index (χ1n) is 8.57. The summed E-state index contributed by atoms with van der Waals surface area (Å²) in [5.74, 6) is -0.0394. The average Bonchev–Trinajstić information content (AvgIpc) is 3.04. The van der Waals surface area contributed by atoms with Crippen LogP contribution in [0, 0.1) is 5.92 Å². The SMILES string of the molecule is CC(C)Cc1nc(N2CCC[C@H]2c2ccc(Cl)cc2)ncc1C(=O)O. The van der Waals surface area contributed by atoms with Gasteiger partial charge in [-0.25, -0.2) is 14.8 Å². The molecule has 1 aliphatic heterocycles. The predicted molar refractivity (Wildman–Crippen MR) is 98.3 cm³/mol. The molecule has 1 aromatic carbocycles. The number of halogens is 1. The van der Waals surface area contributed by atoms with Gasteiger partial charge in [-0.3, -0.25) is 0 Å². The fourth-order valence-corrected chi connectivity index (χ4v) is 3.43. The summed E-state index contributed by atoms with van der Waals surface area (Å²) < 4.78 is 0. The molecule has 0 amide bonds. The van der Waals surface area contributed by atoms with E-state index in [0.717, 1.165) is 24.4 Å². The molecule has 0 unspecified atom stereocenters. The van der Waals surface area contributed by atoms with Crippen LogP contribution in [-0.4, -0.2) is 27.6 Å². The van der Waals surface area contributed by atoms with Crippen LogP contribution in [-0.2, 0) is 6.42 Å². The lowest BCUT2D eigenvalue weighted by Crippen LogP contribution is -2.25. The van der Waals surface area contributed by atoms with Gasteiger partial charge in [-0.2, -0.15) is 0 Å². The third-order valence-electron chi connectivity index (χ3n) is 4.45. The van der Waals surface area contributed by atoms with E-state index in [4.69, 9.17) is 11.6 Å². The maximum atomic E-state index is 11.4. The number of nitrogens with zero attached hydrogens (tertiary/aromatic N) is 3. The average molecular weight is 360 g/mol. The highest BCUT2D eigenvalue weighted by molar-refractivity contribution is 6.30. The normalized spacial score (nSPS) is 17.3. The van der Waals surface area contributed by atoms with Crippen molar-refractivity contribution in [2.45, 2.75) is 39.2 Å². The van der Waals surface area contributed by atoms with E-state index >= 15 is 0 Å². The zero-order valence-electron chi connectivity index (χ0n) is 14.4. The van der Waals surface area contributed by atoms with Crippen molar-refractivity contribution in [1.29, 1.82) is 0 Å². The third-order valence-corrected chi connectivity index (χ3v) is 4.70. The first-order chi connectivity index (χ1) is 12.0. The number of aromatic carboxylic acids is 1. The minimum atomic E-state index is -0.974. The van der Waals surface area contributed by atoms with Gasteiger partial charge in [-0.15, -0.1) is 0 Å². The molecular weight excluding hydrogens is 338 g/mol. The summed E-state index contributed by atoms with van der Waals surface area (Å²) in [6.45, 7) is 4.97. The van der Waals surface area contributed by atoms with Crippen molar-refractivity contribution in [3.63, 3.8) is 0 Å². The first kappa shape index (κ1) is 17.7. The van der Waals surface area contributed by atoms with Gasteiger partial charge in [0.2, 0.25) is 5.95 Å². The number of anilines is 1. The second kappa shape index (κ2) is 7.40. The van der Waals surface area contributed by atoms with Crippen LogP contribution in [0.15, 0.2) is 30.5 Å². The molecule has 1 aromatic heterocycles. The number of carboxylic acid groups (broad SMARTS) is 1. The Kier molecular flexibility index (Phi) is 5.23. The predicted octanol–water partition coefficient (Wildman–Crippen LogP) is 4.37. The van der Waals surface area contributed by atoms with Crippen LogP contribution in [0.25, 0.3) is 0 Å². The fraction of sp³-hybridized carbons (Fsp3) is 0.421. The summed E-state index contributed by atoms with van der Waals surface area (Å²) in [5.41, 5.74) is 1.98. The second-order valence-electron chi connectivity index (χ2n) is 6.84. The summed E-state index contributed by atoms with van der Waals surface area (Å²) in [7, 11) is 0. The molecule has 132 valence electrons. The number of carboxylic acids is 1. The number of aromatic nitrogens is 2. The van der Waals surface area contributed by atoms with Crippen LogP contribution in [0.4, 0.5) is 5.95 Å².